The summed E-state index contributed by atoms with van der Waals surface area (Å²) in [6, 6.07) is 11.3. The Hall–Kier alpha value is -1.82. The smallest absolute Gasteiger partial charge is 0.220 e. The largest absolute Gasteiger partial charge is 0.323 e. The van der Waals surface area contributed by atoms with Crippen LogP contribution in [0.5, 0.6) is 0 Å². The first-order valence-electron chi connectivity index (χ1n) is 4.86. The molecule has 1 aromatic rings. The van der Waals surface area contributed by atoms with Crippen molar-refractivity contribution in [3.8, 4) is 6.07 Å². The minimum absolute atomic E-state index is 0.0760. The molecule has 15 heavy (non-hydrogen) atoms. The van der Waals surface area contributed by atoms with E-state index in [1.54, 1.807) is 11.8 Å². The Kier molecular flexibility index (Phi) is 3.87. The van der Waals surface area contributed by atoms with E-state index < -0.39 is 0 Å². The predicted octanol–water partition coefficient (Wildman–Crippen LogP) is 1.95. The number of nitriles is 1. The van der Waals surface area contributed by atoms with Crippen LogP contribution in [0.2, 0.25) is 0 Å². The minimum Gasteiger partial charge on any atom is -0.323 e. The third-order valence-electron chi connectivity index (χ3n) is 2.25. The predicted molar refractivity (Wildman–Crippen MR) is 57.7 cm³/mol. The number of hydrogen-bond acceptors (Lipinski definition) is 2. The molecular formula is C12H14N2O. The van der Waals surface area contributed by atoms with Gasteiger partial charge in [-0.15, -0.1) is 0 Å². The second kappa shape index (κ2) is 5.16. The van der Waals surface area contributed by atoms with E-state index in [4.69, 9.17) is 5.26 Å². The van der Waals surface area contributed by atoms with Gasteiger partial charge in [-0.3, -0.25) is 4.79 Å². The van der Waals surface area contributed by atoms with Gasteiger partial charge >= 0.3 is 0 Å². The molecule has 0 fully saturated rings. The molecule has 0 saturated carbocycles. The molecular weight excluding hydrogens is 188 g/mol. The number of carbonyl (C=O) groups excluding carboxylic acids is 1. The lowest BCUT2D eigenvalue weighted by molar-refractivity contribution is -0.130. The summed E-state index contributed by atoms with van der Waals surface area (Å²) in [5, 5.41) is 8.79. The Morgan fingerprint density at radius 3 is 2.53 bits per heavy atom. The van der Waals surface area contributed by atoms with Crippen LogP contribution >= 0.6 is 0 Å². The van der Waals surface area contributed by atoms with Gasteiger partial charge in [-0.1, -0.05) is 30.3 Å². The monoisotopic (exact) mass is 202 g/mol. The highest BCUT2D eigenvalue weighted by Crippen LogP contribution is 2.07. The molecule has 0 spiro atoms. The zero-order valence-corrected chi connectivity index (χ0v) is 8.97. The van der Waals surface area contributed by atoms with Crippen LogP contribution in [0.1, 0.15) is 19.4 Å². The van der Waals surface area contributed by atoms with Crippen LogP contribution in [0.3, 0.4) is 0 Å². The van der Waals surface area contributed by atoms with Gasteiger partial charge in [0, 0.05) is 13.5 Å². The van der Waals surface area contributed by atoms with Crippen molar-refractivity contribution in [3.05, 3.63) is 35.9 Å². The maximum absolute atomic E-state index is 11.3. The van der Waals surface area contributed by atoms with Gasteiger partial charge in [0.15, 0.2) is 0 Å². The highest BCUT2D eigenvalue weighted by molar-refractivity contribution is 5.73. The Labute approximate surface area is 89.9 Å². The van der Waals surface area contributed by atoms with Crippen LogP contribution in [0, 0.1) is 11.3 Å². The van der Waals surface area contributed by atoms with Crippen LogP contribution in [-0.4, -0.2) is 16.8 Å². The fourth-order valence-electron chi connectivity index (χ4n) is 1.37. The second-order valence-corrected chi connectivity index (χ2v) is 3.44. The standard InChI is InChI=1S/C12H14N2O/c1-10(8-13)14(11(2)15)9-12-6-4-3-5-7-12/h3-7,10H,9H2,1-2H3. The zero-order valence-electron chi connectivity index (χ0n) is 8.97. The van der Waals surface area contributed by atoms with E-state index in [1.807, 2.05) is 30.3 Å². The molecule has 78 valence electrons. The Morgan fingerprint density at radius 1 is 1.47 bits per heavy atom. The number of carbonyl (C=O) groups is 1. The molecule has 0 radical (unpaired) electrons. The third-order valence-corrected chi connectivity index (χ3v) is 2.25. The van der Waals surface area contributed by atoms with Crippen molar-refractivity contribution in [3.63, 3.8) is 0 Å². The fraction of sp³-hybridized carbons (Fsp3) is 0.333. The van der Waals surface area contributed by atoms with Crippen molar-refractivity contribution in [1.29, 1.82) is 5.26 Å². The van der Waals surface area contributed by atoms with E-state index >= 15 is 0 Å². The maximum Gasteiger partial charge on any atom is 0.220 e. The Bertz CT molecular complexity index is 367. The van der Waals surface area contributed by atoms with E-state index in [-0.39, 0.29) is 11.9 Å². The van der Waals surface area contributed by atoms with Gasteiger partial charge in [-0.05, 0) is 12.5 Å². The molecule has 1 aromatic carbocycles. The molecule has 0 aliphatic carbocycles. The normalized spacial score (nSPS) is 11.5. The molecule has 1 amide bonds. The summed E-state index contributed by atoms with van der Waals surface area (Å²) in [7, 11) is 0. The summed E-state index contributed by atoms with van der Waals surface area (Å²) in [6.07, 6.45) is 0. The lowest BCUT2D eigenvalue weighted by Gasteiger charge is -2.23. The van der Waals surface area contributed by atoms with Gasteiger partial charge in [0.2, 0.25) is 5.91 Å². The van der Waals surface area contributed by atoms with Crippen LogP contribution in [-0.2, 0) is 11.3 Å². The first-order valence-corrected chi connectivity index (χ1v) is 4.86. The van der Waals surface area contributed by atoms with Gasteiger partial charge in [0.1, 0.15) is 6.04 Å². The number of amides is 1. The highest BCUT2D eigenvalue weighted by atomic mass is 16.2. The molecule has 0 aliphatic rings. The molecule has 1 rings (SSSR count). The van der Waals surface area contributed by atoms with Gasteiger partial charge in [0.25, 0.3) is 0 Å². The van der Waals surface area contributed by atoms with Crippen LogP contribution in [0.25, 0.3) is 0 Å². The summed E-state index contributed by atoms with van der Waals surface area (Å²) in [5.74, 6) is -0.0760. The summed E-state index contributed by atoms with van der Waals surface area (Å²) >= 11 is 0. The van der Waals surface area contributed by atoms with Crippen LogP contribution in [0.4, 0.5) is 0 Å². The quantitative estimate of drug-likeness (QED) is 0.751. The third kappa shape index (κ3) is 3.10. The lowest BCUT2D eigenvalue weighted by atomic mass is 10.2. The van der Waals surface area contributed by atoms with E-state index in [2.05, 4.69) is 6.07 Å². The van der Waals surface area contributed by atoms with Crippen molar-refractivity contribution in [1.82, 2.24) is 4.90 Å². The van der Waals surface area contributed by atoms with E-state index in [9.17, 15) is 4.79 Å². The van der Waals surface area contributed by atoms with Gasteiger partial charge in [-0.2, -0.15) is 5.26 Å². The van der Waals surface area contributed by atoms with Gasteiger partial charge in [-0.25, -0.2) is 0 Å². The molecule has 1 unspecified atom stereocenters. The number of hydrogen-bond donors (Lipinski definition) is 0. The van der Waals surface area contributed by atoms with Crippen molar-refractivity contribution < 1.29 is 4.79 Å². The summed E-state index contributed by atoms with van der Waals surface area (Å²) in [4.78, 5) is 12.9. The second-order valence-electron chi connectivity index (χ2n) is 3.44. The van der Waals surface area contributed by atoms with Gasteiger partial charge in [0.05, 0.1) is 6.07 Å². The van der Waals surface area contributed by atoms with E-state index in [0.29, 0.717) is 6.54 Å². The summed E-state index contributed by atoms with van der Waals surface area (Å²) in [6.45, 7) is 3.70. The number of nitrogens with zero attached hydrogens (tertiary/aromatic N) is 2. The lowest BCUT2D eigenvalue weighted by Crippen LogP contribution is -2.35. The van der Waals surface area contributed by atoms with Crippen molar-refractivity contribution in [2.45, 2.75) is 26.4 Å². The average Bonchev–Trinajstić information content (AvgIpc) is 2.26. The maximum atomic E-state index is 11.3. The molecule has 0 heterocycles. The summed E-state index contributed by atoms with van der Waals surface area (Å²) in [5.41, 5.74) is 1.04. The molecule has 3 nitrogen and oxygen atoms in total. The fourth-order valence-corrected chi connectivity index (χ4v) is 1.37. The first kappa shape index (κ1) is 11.3. The molecule has 1 atom stereocenters. The molecule has 0 aromatic heterocycles. The van der Waals surface area contributed by atoms with Crippen molar-refractivity contribution in [2.75, 3.05) is 0 Å². The number of rotatable bonds is 3. The topological polar surface area (TPSA) is 44.1 Å². The SMILES string of the molecule is CC(=O)N(Cc1ccccc1)C(C)C#N. The first-order chi connectivity index (χ1) is 7.15. The minimum atomic E-state index is -0.386. The molecule has 0 bridgehead atoms. The van der Waals surface area contributed by atoms with Crippen molar-refractivity contribution in [2.24, 2.45) is 0 Å². The van der Waals surface area contributed by atoms with Crippen LogP contribution < -0.4 is 0 Å². The average molecular weight is 202 g/mol. The van der Waals surface area contributed by atoms with E-state index in [1.165, 1.54) is 6.92 Å². The highest BCUT2D eigenvalue weighted by Gasteiger charge is 2.15. The van der Waals surface area contributed by atoms with Crippen molar-refractivity contribution >= 4 is 5.91 Å². The number of benzene rings is 1. The Morgan fingerprint density at radius 2 is 2.07 bits per heavy atom. The Balaban J connectivity index is 2.77. The molecule has 0 aliphatic heterocycles. The molecule has 0 saturated heterocycles. The molecule has 0 N–H and O–H groups in total. The molecule has 3 heteroatoms. The zero-order chi connectivity index (χ0) is 11.3. The van der Waals surface area contributed by atoms with Gasteiger partial charge < -0.3 is 4.90 Å². The van der Waals surface area contributed by atoms with Crippen LogP contribution in [0.15, 0.2) is 30.3 Å². The van der Waals surface area contributed by atoms with E-state index in [0.717, 1.165) is 5.56 Å². The summed E-state index contributed by atoms with van der Waals surface area (Å²) < 4.78 is 0.